The summed E-state index contributed by atoms with van der Waals surface area (Å²) in [7, 11) is 0. The first kappa shape index (κ1) is 16.6. The molecular formula is C22H26N4O. The van der Waals surface area contributed by atoms with Crippen molar-refractivity contribution in [3.63, 3.8) is 0 Å². The van der Waals surface area contributed by atoms with Crippen LogP contribution in [0.5, 0.6) is 0 Å². The molecule has 1 aromatic heterocycles. The summed E-state index contributed by atoms with van der Waals surface area (Å²) in [6.45, 7) is -2.06. The molecule has 0 radical (unpaired) electrons. The molecule has 1 heterocycles. The first-order chi connectivity index (χ1) is 13.9. The zero-order chi connectivity index (χ0) is 20.9. The number of hydrogen-bond acceptors (Lipinski definition) is 5. The van der Waals surface area contributed by atoms with Crippen LogP contribution in [0.1, 0.15) is 13.9 Å². The molecule has 27 heavy (non-hydrogen) atoms. The van der Waals surface area contributed by atoms with Crippen molar-refractivity contribution in [2.75, 3.05) is 6.54 Å². The van der Waals surface area contributed by atoms with Gasteiger partial charge in [-0.05, 0) is 29.7 Å². The average molecular weight is 364 g/mol. The molecule has 0 bridgehead atoms. The fourth-order valence-corrected chi connectivity index (χ4v) is 2.82. The molecular weight excluding hydrogens is 336 g/mol. The Balaban J connectivity index is 1.65. The first-order valence-corrected chi connectivity index (χ1v) is 8.90. The van der Waals surface area contributed by atoms with E-state index in [0.29, 0.717) is 12.0 Å². The van der Waals surface area contributed by atoms with E-state index in [2.05, 4.69) is 4.98 Å². The lowest BCUT2D eigenvalue weighted by Crippen LogP contribution is -2.46. The molecule has 5 N–H and O–H groups in total. The smallest absolute Gasteiger partial charge is 0.0835 e. The zero-order valence-corrected chi connectivity index (χ0v) is 15.1. The van der Waals surface area contributed by atoms with Crippen LogP contribution >= 0.6 is 0 Å². The summed E-state index contributed by atoms with van der Waals surface area (Å²) in [4.78, 5) is 4.29. The van der Waals surface area contributed by atoms with Crippen LogP contribution in [0.3, 0.4) is 0 Å². The molecule has 5 heteroatoms. The summed E-state index contributed by atoms with van der Waals surface area (Å²) in [5, 5.41) is 11.4. The Kier molecular flexibility index (Phi) is 5.77. The van der Waals surface area contributed by atoms with Gasteiger partial charge < -0.3 is 10.8 Å². The number of hydrazine groups is 1. The van der Waals surface area contributed by atoms with Crippen molar-refractivity contribution in [3.8, 4) is 11.3 Å². The van der Waals surface area contributed by atoms with E-state index in [1.807, 2.05) is 48.5 Å². The van der Waals surface area contributed by atoms with Gasteiger partial charge in [0.05, 0.1) is 11.8 Å². The van der Waals surface area contributed by atoms with Crippen LogP contribution in [0.2, 0.25) is 0 Å². The highest BCUT2D eigenvalue weighted by atomic mass is 16.3. The zero-order valence-electron chi connectivity index (χ0n) is 17.1. The molecule has 0 fully saturated rings. The number of pyridine rings is 1. The third-order valence-corrected chi connectivity index (χ3v) is 4.31. The van der Waals surface area contributed by atoms with Gasteiger partial charge >= 0.3 is 0 Å². The van der Waals surface area contributed by atoms with E-state index in [1.54, 1.807) is 30.5 Å². The highest BCUT2D eigenvalue weighted by Crippen LogP contribution is 2.17. The van der Waals surface area contributed by atoms with E-state index >= 15 is 0 Å². The predicted molar refractivity (Wildman–Crippen MR) is 108 cm³/mol. The first-order valence-electron chi connectivity index (χ1n) is 9.90. The molecule has 0 aliphatic rings. The third-order valence-electron chi connectivity index (χ3n) is 4.31. The molecule has 0 aliphatic heterocycles. The molecule has 0 unspecified atom stereocenters. The maximum absolute atomic E-state index is 10.4. The molecule has 0 amide bonds. The van der Waals surface area contributed by atoms with Gasteiger partial charge in [0, 0.05) is 33.6 Å². The Morgan fingerprint density at radius 3 is 2.33 bits per heavy atom. The van der Waals surface area contributed by atoms with Crippen molar-refractivity contribution < 1.29 is 7.85 Å². The van der Waals surface area contributed by atoms with Crippen LogP contribution in [0, 0.1) is 0 Å². The van der Waals surface area contributed by atoms with Crippen LogP contribution < -0.4 is 11.6 Å². The van der Waals surface area contributed by atoms with E-state index in [9.17, 15) is 5.11 Å². The predicted octanol–water partition coefficient (Wildman–Crippen LogP) is 2.36. The Bertz CT molecular complexity index is 892. The van der Waals surface area contributed by atoms with Crippen LogP contribution in [0.25, 0.3) is 11.3 Å². The van der Waals surface area contributed by atoms with E-state index in [1.165, 1.54) is 0 Å². The number of benzene rings is 2. The minimum absolute atomic E-state index is 0.0943. The van der Waals surface area contributed by atoms with Gasteiger partial charge in [-0.3, -0.25) is 10.8 Å². The quantitative estimate of drug-likeness (QED) is 0.422. The Hall–Kier alpha value is -2.57. The third kappa shape index (κ3) is 5.70. The monoisotopic (exact) mass is 364 g/mol. The second kappa shape index (κ2) is 9.39. The topological polar surface area (TPSA) is 88.4 Å². The largest absolute Gasteiger partial charge is 0.390 e. The number of nitrogens with zero attached hydrogens (tertiary/aromatic N) is 2. The lowest BCUT2D eigenvalue weighted by molar-refractivity contribution is 0.0877. The summed E-state index contributed by atoms with van der Waals surface area (Å²) < 4.78 is 16.8. The molecule has 5 nitrogen and oxygen atoms in total. The molecule has 3 rings (SSSR count). The molecule has 0 saturated carbocycles. The Labute approximate surface area is 163 Å². The van der Waals surface area contributed by atoms with Gasteiger partial charge in [0.25, 0.3) is 0 Å². The number of rotatable bonds is 8. The second-order valence-corrected chi connectivity index (χ2v) is 6.48. The summed E-state index contributed by atoms with van der Waals surface area (Å²) in [6.07, 6.45) is 1.23. The fourth-order valence-electron chi connectivity index (χ4n) is 2.82. The molecule has 2 atom stereocenters. The van der Waals surface area contributed by atoms with Crippen LogP contribution in [0.15, 0.2) is 79.0 Å². The standard InChI is InChI=1S/C22H26N4O/c23-20(14-17-6-2-1-3-7-17)22(27)16-26(24)15-18-9-11-19(12-10-18)21-8-4-5-13-25-21/h1-13,20,22,27H,14-16,23-24H2/t20-,22-/m0/s1/i15D2. The molecule has 140 valence electrons. The lowest BCUT2D eigenvalue weighted by Gasteiger charge is -2.24. The molecule has 2 aromatic carbocycles. The van der Waals surface area contributed by atoms with Gasteiger partial charge in [-0.15, -0.1) is 0 Å². The van der Waals surface area contributed by atoms with E-state index < -0.39 is 18.6 Å². The van der Waals surface area contributed by atoms with Crippen molar-refractivity contribution in [3.05, 3.63) is 90.1 Å². The lowest BCUT2D eigenvalue weighted by atomic mass is 10.0. The summed E-state index contributed by atoms with van der Waals surface area (Å²) in [5.41, 5.74) is 9.20. The van der Waals surface area contributed by atoms with Crippen LogP contribution in [-0.2, 0) is 12.9 Å². The number of hydrogen-bond donors (Lipinski definition) is 3. The Morgan fingerprint density at radius 1 is 0.963 bits per heavy atom. The number of aliphatic hydroxyl groups is 1. The number of nitrogens with two attached hydrogens (primary N) is 2. The van der Waals surface area contributed by atoms with Gasteiger partial charge in [0.1, 0.15) is 0 Å². The number of aliphatic hydroxyl groups excluding tert-OH is 1. The average Bonchev–Trinajstić information content (AvgIpc) is 2.75. The van der Waals surface area contributed by atoms with Gasteiger partial charge in [0.15, 0.2) is 0 Å². The van der Waals surface area contributed by atoms with Gasteiger partial charge in [0.2, 0.25) is 0 Å². The van der Waals surface area contributed by atoms with Gasteiger partial charge in [-0.1, -0.05) is 60.7 Å². The molecule has 0 spiro atoms. The summed E-state index contributed by atoms with van der Waals surface area (Å²) in [5.74, 6) is 6.00. The number of aromatic nitrogens is 1. The normalized spacial score (nSPS) is 15.1. The second-order valence-electron chi connectivity index (χ2n) is 6.48. The minimum atomic E-state index is -1.96. The maximum atomic E-state index is 10.4. The molecule has 3 aromatic rings. The fraction of sp³-hybridized carbons (Fsp3) is 0.227. The molecule has 0 aliphatic carbocycles. The highest BCUT2D eigenvalue weighted by molar-refractivity contribution is 5.58. The van der Waals surface area contributed by atoms with E-state index in [0.717, 1.165) is 21.8 Å². The van der Waals surface area contributed by atoms with Crippen molar-refractivity contribution in [2.45, 2.75) is 25.1 Å². The molecule has 0 saturated heterocycles. The van der Waals surface area contributed by atoms with E-state index in [4.69, 9.17) is 14.3 Å². The van der Waals surface area contributed by atoms with Gasteiger partial charge in [-0.2, -0.15) is 0 Å². The summed E-state index contributed by atoms with van der Waals surface area (Å²) >= 11 is 0. The highest BCUT2D eigenvalue weighted by Gasteiger charge is 2.17. The van der Waals surface area contributed by atoms with Crippen molar-refractivity contribution in [1.29, 1.82) is 0 Å². The Morgan fingerprint density at radius 2 is 1.67 bits per heavy atom. The van der Waals surface area contributed by atoms with Crippen molar-refractivity contribution in [2.24, 2.45) is 11.6 Å². The SMILES string of the molecule is [2H]C([2H])(c1ccc(-c2ccccn2)cc1)N(N)C[C@H](O)[C@@H](N)Cc1ccccc1. The minimum Gasteiger partial charge on any atom is -0.390 e. The van der Waals surface area contributed by atoms with Crippen molar-refractivity contribution >= 4 is 0 Å². The van der Waals surface area contributed by atoms with Gasteiger partial charge in [-0.25, -0.2) is 5.01 Å². The van der Waals surface area contributed by atoms with E-state index in [-0.39, 0.29) is 6.54 Å². The van der Waals surface area contributed by atoms with Crippen molar-refractivity contribution in [1.82, 2.24) is 9.99 Å². The van der Waals surface area contributed by atoms with Crippen LogP contribution in [0.4, 0.5) is 0 Å². The maximum Gasteiger partial charge on any atom is 0.0835 e. The van der Waals surface area contributed by atoms with Crippen LogP contribution in [-0.4, -0.2) is 33.8 Å². The summed E-state index contributed by atoms with van der Waals surface area (Å²) in [6, 6.07) is 21.7.